The van der Waals surface area contributed by atoms with Crippen LogP contribution in [0.25, 0.3) is 11.0 Å². The first-order chi connectivity index (χ1) is 12.5. The summed E-state index contributed by atoms with van der Waals surface area (Å²) in [6.45, 7) is 4.03. The minimum atomic E-state index is -0.207. The molecule has 26 heavy (non-hydrogen) atoms. The predicted molar refractivity (Wildman–Crippen MR) is 106 cm³/mol. The van der Waals surface area contributed by atoms with Gasteiger partial charge in [0.05, 0.1) is 22.0 Å². The Kier molecular flexibility index (Phi) is 4.73. The molecular weight excluding hydrogens is 368 g/mol. The molecule has 4 rings (SSSR count). The van der Waals surface area contributed by atoms with E-state index in [2.05, 4.69) is 33.3 Å². The van der Waals surface area contributed by atoms with Crippen LogP contribution in [0.1, 0.15) is 38.9 Å². The first-order valence-electron chi connectivity index (χ1n) is 8.76. The van der Waals surface area contributed by atoms with Gasteiger partial charge < -0.3 is 15.2 Å². The number of hydrogen-bond acceptors (Lipinski definition) is 4. The number of H-pyrrole nitrogens is 1. The number of benzene rings is 1. The van der Waals surface area contributed by atoms with Crippen LogP contribution in [-0.4, -0.2) is 40.9 Å². The second-order valence-corrected chi connectivity index (χ2v) is 8.41. The van der Waals surface area contributed by atoms with Gasteiger partial charge in [-0.3, -0.25) is 4.79 Å². The Bertz CT molecular complexity index is 938. The van der Waals surface area contributed by atoms with Crippen molar-refractivity contribution in [3.63, 3.8) is 0 Å². The number of likely N-dealkylation sites (N-methyl/N-ethyl adjacent to an activating group) is 1. The van der Waals surface area contributed by atoms with Crippen LogP contribution >= 0.6 is 22.9 Å². The molecule has 1 unspecified atom stereocenters. The van der Waals surface area contributed by atoms with Gasteiger partial charge in [-0.2, -0.15) is 0 Å². The van der Waals surface area contributed by atoms with Gasteiger partial charge in [-0.15, -0.1) is 11.3 Å². The molecule has 7 heteroatoms. The number of aromatic nitrogens is 2. The Morgan fingerprint density at radius 2 is 2.15 bits per heavy atom. The summed E-state index contributed by atoms with van der Waals surface area (Å²) < 4.78 is 0. The minimum Gasteiger partial charge on any atom is -0.342 e. The topological polar surface area (TPSA) is 61.0 Å². The van der Waals surface area contributed by atoms with Crippen molar-refractivity contribution in [2.75, 3.05) is 20.1 Å². The summed E-state index contributed by atoms with van der Waals surface area (Å²) in [7, 11) is 2.15. The monoisotopic (exact) mass is 388 g/mol. The minimum absolute atomic E-state index is 0.0394. The largest absolute Gasteiger partial charge is 0.342 e. The van der Waals surface area contributed by atoms with Gasteiger partial charge in [0, 0.05) is 23.0 Å². The average molecular weight is 389 g/mol. The first-order valence-corrected chi connectivity index (χ1v) is 9.95. The summed E-state index contributed by atoms with van der Waals surface area (Å²) in [6.07, 6.45) is 2.03. The summed E-state index contributed by atoms with van der Waals surface area (Å²) in [6, 6.07) is 7.38. The van der Waals surface area contributed by atoms with Crippen LogP contribution in [0.2, 0.25) is 5.02 Å². The summed E-state index contributed by atoms with van der Waals surface area (Å²) in [5.41, 5.74) is 3.04. The Hall–Kier alpha value is -1.89. The van der Waals surface area contributed by atoms with Crippen molar-refractivity contribution >= 4 is 39.9 Å². The molecule has 3 heterocycles. The fraction of sp³-hybridized carbons (Fsp3) is 0.368. The number of aromatic amines is 1. The van der Waals surface area contributed by atoms with Gasteiger partial charge in [0.25, 0.3) is 5.91 Å². The summed E-state index contributed by atoms with van der Waals surface area (Å²) in [5, 5.41) is 3.72. The second kappa shape index (κ2) is 7.02. The Morgan fingerprint density at radius 1 is 1.35 bits per heavy atom. The molecule has 2 aromatic heterocycles. The summed E-state index contributed by atoms with van der Waals surface area (Å²) in [4.78, 5) is 24.9. The molecule has 0 radical (unpaired) electrons. The lowest BCUT2D eigenvalue weighted by atomic mass is 10.1. The maximum absolute atomic E-state index is 12.7. The highest BCUT2D eigenvalue weighted by Crippen LogP contribution is 2.27. The van der Waals surface area contributed by atoms with E-state index in [9.17, 15) is 4.79 Å². The Labute approximate surface area is 161 Å². The van der Waals surface area contributed by atoms with Crippen molar-refractivity contribution in [2.45, 2.75) is 25.8 Å². The fourth-order valence-corrected chi connectivity index (χ4v) is 4.54. The van der Waals surface area contributed by atoms with Crippen LogP contribution in [0.5, 0.6) is 0 Å². The molecule has 0 aliphatic carbocycles. The zero-order valence-electron chi connectivity index (χ0n) is 14.8. The Balaban J connectivity index is 1.49. The van der Waals surface area contributed by atoms with Crippen LogP contribution < -0.4 is 5.32 Å². The van der Waals surface area contributed by atoms with Gasteiger partial charge in [-0.1, -0.05) is 11.6 Å². The van der Waals surface area contributed by atoms with E-state index in [1.165, 1.54) is 10.4 Å². The lowest BCUT2D eigenvalue weighted by molar-refractivity contribution is 0.0942. The third-order valence-electron chi connectivity index (χ3n) is 4.82. The van der Waals surface area contributed by atoms with Gasteiger partial charge in [0.1, 0.15) is 5.82 Å². The number of fused-ring (bicyclic) bond motifs is 2. The highest BCUT2D eigenvalue weighted by Gasteiger charge is 2.20. The molecule has 5 nitrogen and oxygen atoms in total. The van der Waals surface area contributed by atoms with Gasteiger partial charge in [0.15, 0.2) is 0 Å². The van der Waals surface area contributed by atoms with E-state index in [0.29, 0.717) is 5.02 Å². The number of nitrogens with zero attached hydrogens (tertiary/aromatic N) is 2. The highest BCUT2D eigenvalue weighted by molar-refractivity contribution is 7.14. The Morgan fingerprint density at radius 3 is 3.00 bits per heavy atom. The molecule has 1 aliphatic rings. The van der Waals surface area contributed by atoms with Crippen LogP contribution in [0.4, 0.5) is 0 Å². The molecule has 3 aromatic rings. The van der Waals surface area contributed by atoms with Crippen molar-refractivity contribution in [3.05, 3.63) is 50.4 Å². The van der Waals surface area contributed by atoms with Crippen molar-refractivity contribution in [3.8, 4) is 0 Å². The molecule has 0 fully saturated rings. The molecule has 0 saturated carbocycles. The van der Waals surface area contributed by atoms with Crippen molar-refractivity contribution < 1.29 is 4.79 Å². The number of thiophene rings is 1. The third kappa shape index (κ3) is 3.49. The SMILES string of the molecule is CC(NC(=O)c1cc2c(s1)CCN(C)CC2)c1nc2ccc(Cl)cc2[nH]1. The summed E-state index contributed by atoms with van der Waals surface area (Å²) >= 11 is 7.64. The zero-order valence-corrected chi connectivity index (χ0v) is 16.4. The standard InChI is InChI=1S/C19H21ClN4OS/c1-11(18-22-14-4-3-13(20)10-15(14)23-18)21-19(25)17-9-12-5-7-24(2)8-6-16(12)26-17/h3-4,9-11H,5-8H2,1-2H3,(H,21,25)(H,22,23). The lowest BCUT2D eigenvalue weighted by Crippen LogP contribution is -2.26. The number of carbonyl (C=O) groups is 1. The molecule has 1 aliphatic heterocycles. The number of nitrogens with one attached hydrogen (secondary N) is 2. The quantitative estimate of drug-likeness (QED) is 0.717. The van der Waals surface area contributed by atoms with Crippen molar-refractivity contribution in [2.24, 2.45) is 0 Å². The van der Waals surface area contributed by atoms with Crippen molar-refractivity contribution in [1.82, 2.24) is 20.2 Å². The number of hydrogen-bond donors (Lipinski definition) is 2. The second-order valence-electron chi connectivity index (χ2n) is 6.84. The van der Waals surface area contributed by atoms with E-state index in [-0.39, 0.29) is 11.9 Å². The van der Waals surface area contributed by atoms with Gasteiger partial charge in [-0.25, -0.2) is 4.98 Å². The summed E-state index contributed by atoms with van der Waals surface area (Å²) in [5.74, 6) is 0.692. The first kappa shape index (κ1) is 17.5. The lowest BCUT2D eigenvalue weighted by Gasteiger charge is -2.12. The van der Waals surface area contributed by atoms with E-state index < -0.39 is 0 Å². The molecule has 136 valence electrons. The van der Waals surface area contributed by atoms with Gasteiger partial charge in [-0.05, 0) is 56.6 Å². The molecule has 0 spiro atoms. The molecule has 1 aromatic carbocycles. The molecule has 1 atom stereocenters. The number of halogens is 1. The smallest absolute Gasteiger partial charge is 0.261 e. The number of carbonyl (C=O) groups excluding carboxylic acids is 1. The van der Waals surface area contributed by atoms with Crippen LogP contribution in [0.15, 0.2) is 24.3 Å². The molecule has 0 saturated heterocycles. The number of imidazole rings is 1. The number of rotatable bonds is 3. The average Bonchev–Trinajstić information content (AvgIpc) is 3.17. The highest BCUT2D eigenvalue weighted by atomic mass is 35.5. The third-order valence-corrected chi connectivity index (χ3v) is 6.29. The zero-order chi connectivity index (χ0) is 18.3. The fourth-order valence-electron chi connectivity index (χ4n) is 3.26. The normalized spacial score (nSPS) is 16.3. The van der Waals surface area contributed by atoms with E-state index in [0.717, 1.165) is 47.7 Å². The molecule has 2 N–H and O–H groups in total. The molecule has 0 bridgehead atoms. The van der Waals surface area contributed by atoms with Crippen LogP contribution in [0, 0.1) is 0 Å². The maximum atomic E-state index is 12.7. The van der Waals surface area contributed by atoms with Gasteiger partial charge >= 0.3 is 0 Å². The van der Waals surface area contributed by atoms with Gasteiger partial charge in [0.2, 0.25) is 0 Å². The van der Waals surface area contributed by atoms with E-state index in [1.807, 2.05) is 25.1 Å². The van der Waals surface area contributed by atoms with Crippen LogP contribution in [0.3, 0.4) is 0 Å². The maximum Gasteiger partial charge on any atom is 0.261 e. The van der Waals surface area contributed by atoms with Crippen molar-refractivity contribution in [1.29, 1.82) is 0 Å². The predicted octanol–water partition coefficient (Wildman–Crippen LogP) is 3.80. The van der Waals surface area contributed by atoms with Crippen LogP contribution in [-0.2, 0) is 12.8 Å². The van der Waals surface area contributed by atoms with E-state index >= 15 is 0 Å². The molecular formula is C19H21ClN4OS. The molecule has 1 amide bonds. The van der Waals surface area contributed by atoms with E-state index in [4.69, 9.17) is 11.6 Å². The number of amides is 1. The van der Waals surface area contributed by atoms with E-state index in [1.54, 1.807) is 11.3 Å².